The topological polar surface area (TPSA) is 4.93 Å². The van der Waals surface area contributed by atoms with E-state index in [-0.39, 0.29) is 5.41 Å². The Morgan fingerprint density at radius 2 is 1.78 bits per heavy atom. The van der Waals surface area contributed by atoms with Gasteiger partial charge in [0.05, 0.1) is 0 Å². The molecule has 1 heterocycles. The zero-order valence-corrected chi connectivity index (χ0v) is 12.3. The van der Waals surface area contributed by atoms with Crippen molar-refractivity contribution in [3.05, 3.63) is 47.2 Å². The molecule has 0 saturated heterocycles. The number of aryl methyl sites for hydroxylation is 1. The maximum absolute atomic E-state index is 2.36. The molecule has 2 aromatic rings. The van der Waals surface area contributed by atoms with Crippen molar-refractivity contribution >= 4 is 10.9 Å². The highest BCUT2D eigenvalue weighted by Crippen LogP contribution is 2.36. The van der Waals surface area contributed by atoms with E-state index in [0.717, 1.165) is 0 Å². The minimum atomic E-state index is 0.0732. The van der Waals surface area contributed by atoms with Gasteiger partial charge in [-0.2, -0.15) is 0 Å². The van der Waals surface area contributed by atoms with Crippen LogP contribution in [0.4, 0.5) is 0 Å². The maximum Gasteiger partial charge on any atom is 0.0483 e. The van der Waals surface area contributed by atoms with Crippen LogP contribution in [0.2, 0.25) is 0 Å². The van der Waals surface area contributed by atoms with Gasteiger partial charge >= 0.3 is 0 Å². The molecule has 0 aliphatic rings. The van der Waals surface area contributed by atoms with E-state index in [1.807, 2.05) is 0 Å². The number of hydrogen-bond acceptors (Lipinski definition) is 0. The zero-order chi connectivity index (χ0) is 13.5. The molecule has 0 unspecified atom stereocenters. The molecule has 18 heavy (non-hydrogen) atoms. The Bertz CT molecular complexity index is 608. The molecule has 0 spiro atoms. The Kier molecular flexibility index (Phi) is 3.10. The van der Waals surface area contributed by atoms with Gasteiger partial charge in [-0.05, 0) is 32.4 Å². The molecule has 1 aromatic heterocycles. The van der Waals surface area contributed by atoms with Crippen molar-refractivity contribution in [3.8, 4) is 0 Å². The van der Waals surface area contributed by atoms with E-state index in [2.05, 4.69) is 76.6 Å². The third-order valence-corrected chi connectivity index (χ3v) is 3.69. The van der Waals surface area contributed by atoms with Crippen LogP contribution in [0.15, 0.2) is 35.9 Å². The van der Waals surface area contributed by atoms with Crippen molar-refractivity contribution in [1.29, 1.82) is 0 Å². The lowest BCUT2D eigenvalue weighted by Gasteiger charge is -2.22. The standard InChI is InChI=1S/C17H23N/c1-12(2)11-17(4,5)16-13(3)18(6)15-10-8-7-9-14(15)16/h7-11H,1-6H3. The number of benzene rings is 1. The highest BCUT2D eigenvalue weighted by molar-refractivity contribution is 5.86. The molecule has 0 atom stereocenters. The van der Waals surface area contributed by atoms with Crippen molar-refractivity contribution in [1.82, 2.24) is 4.57 Å². The minimum absolute atomic E-state index is 0.0732. The first kappa shape index (κ1) is 12.9. The molecular weight excluding hydrogens is 218 g/mol. The maximum atomic E-state index is 2.36. The molecule has 0 aliphatic heterocycles. The van der Waals surface area contributed by atoms with Crippen LogP contribution in [-0.2, 0) is 12.5 Å². The van der Waals surface area contributed by atoms with Crippen LogP contribution in [0.3, 0.4) is 0 Å². The van der Waals surface area contributed by atoms with E-state index < -0.39 is 0 Å². The summed E-state index contributed by atoms with van der Waals surface area (Å²) in [5.74, 6) is 0. The van der Waals surface area contributed by atoms with Crippen molar-refractivity contribution < 1.29 is 0 Å². The second kappa shape index (κ2) is 4.31. The first-order valence-electron chi connectivity index (χ1n) is 6.55. The number of hydrogen-bond donors (Lipinski definition) is 0. The van der Waals surface area contributed by atoms with E-state index >= 15 is 0 Å². The van der Waals surface area contributed by atoms with Crippen LogP contribution in [0.1, 0.15) is 39.0 Å². The predicted octanol–water partition coefficient (Wildman–Crippen LogP) is 4.73. The number of fused-ring (bicyclic) bond motifs is 1. The van der Waals surface area contributed by atoms with Crippen LogP contribution < -0.4 is 0 Å². The Labute approximate surface area is 110 Å². The molecule has 0 saturated carbocycles. The molecule has 0 N–H and O–H groups in total. The first-order valence-corrected chi connectivity index (χ1v) is 6.55. The van der Waals surface area contributed by atoms with Gasteiger partial charge in [-0.25, -0.2) is 0 Å². The Balaban J connectivity index is 2.79. The quantitative estimate of drug-likeness (QED) is 0.670. The largest absolute Gasteiger partial charge is 0.348 e. The average Bonchev–Trinajstić information content (AvgIpc) is 2.51. The number of nitrogens with zero attached hydrogens (tertiary/aromatic N) is 1. The molecule has 0 fully saturated rings. The second-order valence-electron chi connectivity index (χ2n) is 5.98. The minimum Gasteiger partial charge on any atom is -0.348 e. The summed E-state index contributed by atoms with van der Waals surface area (Å²) >= 11 is 0. The SMILES string of the molecule is CC(C)=CC(C)(C)c1c(C)n(C)c2ccccc12. The first-order chi connectivity index (χ1) is 8.34. The Morgan fingerprint density at radius 1 is 1.17 bits per heavy atom. The van der Waals surface area contributed by atoms with Gasteiger partial charge in [0.2, 0.25) is 0 Å². The van der Waals surface area contributed by atoms with Gasteiger partial charge in [-0.15, -0.1) is 0 Å². The summed E-state index contributed by atoms with van der Waals surface area (Å²) in [6.45, 7) is 11.2. The lowest BCUT2D eigenvalue weighted by Crippen LogP contribution is -2.15. The molecule has 2 rings (SSSR count). The summed E-state index contributed by atoms with van der Waals surface area (Å²) in [7, 11) is 2.15. The van der Waals surface area contributed by atoms with Crippen molar-refractivity contribution in [2.24, 2.45) is 7.05 Å². The van der Waals surface area contributed by atoms with E-state index in [1.165, 1.54) is 27.7 Å². The summed E-state index contributed by atoms with van der Waals surface area (Å²) in [6, 6.07) is 8.67. The third-order valence-electron chi connectivity index (χ3n) is 3.69. The molecular formula is C17H23N. The fourth-order valence-corrected chi connectivity index (χ4v) is 3.13. The molecule has 1 nitrogen and oxygen atoms in total. The fourth-order valence-electron chi connectivity index (χ4n) is 3.13. The summed E-state index contributed by atoms with van der Waals surface area (Å²) in [5.41, 5.74) is 5.57. The van der Waals surface area contributed by atoms with Crippen LogP contribution >= 0.6 is 0 Å². The van der Waals surface area contributed by atoms with Crippen LogP contribution in [-0.4, -0.2) is 4.57 Å². The van der Waals surface area contributed by atoms with Gasteiger partial charge in [0.15, 0.2) is 0 Å². The molecule has 0 bridgehead atoms. The summed E-state index contributed by atoms with van der Waals surface area (Å²) < 4.78 is 2.30. The number of rotatable bonds is 2. The van der Waals surface area contributed by atoms with Crippen LogP contribution in [0.5, 0.6) is 0 Å². The normalized spacial score (nSPS) is 11.9. The summed E-state index contributed by atoms with van der Waals surface area (Å²) in [6.07, 6.45) is 2.36. The zero-order valence-electron chi connectivity index (χ0n) is 12.3. The van der Waals surface area contributed by atoms with Gasteiger partial charge < -0.3 is 4.57 Å². The van der Waals surface area contributed by atoms with Crippen molar-refractivity contribution in [3.63, 3.8) is 0 Å². The van der Waals surface area contributed by atoms with E-state index in [1.54, 1.807) is 0 Å². The number of para-hydroxylation sites is 1. The van der Waals surface area contributed by atoms with Crippen LogP contribution in [0, 0.1) is 6.92 Å². The smallest absolute Gasteiger partial charge is 0.0483 e. The molecule has 0 aliphatic carbocycles. The predicted molar refractivity (Wildman–Crippen MR) is 80.1 cm³/mol. The molecule has 1 heteroatoms. The van der Waals surface area contributed by atoms with Gasteiger partial charge in [-0.1, -0.05) is 43.7 Å². The van der Waals surface area contributed by atoms with Crippen molar-refractivity contribution in [2.75, 3.05) is 0 Å². The Hall–Kier alpha value is -1.50. The van der Waals surface area contributed by atoms with Gasteiger partial charge in [-0.3, -0.25) is 0 Å². The second-order valence-corrected chi connectivity index (χ2v) is 5.98. The molecule has 0 amide bonds. The highest BCUT2D eigenvalue weighted by atomic mass is 14.9. The van der Waals surface area contributed by atoms with E-state index in [0.29, 0.717) is 0 Å². The summed E-state index contributed by atoms with van der Waals surface area (Å²) in [4.78, 5) is 0. The molecule has 1 aromatic carbocycles. The summed E-state index contributed by atoms with van der Waals surface area (Å²) in [5, 5.41) is 1.38. The van der Waals surface area contributed by atoms with Gasteiger partial charge in [0, 0.05) is 29.1 Å². The number of aromatic nitrogens is 1. The van der Waals surface area contributed by atoms with E-state index in [4.69, 9.17) is 0 Å². The molecule has 0 radical (unpaired) electrons. The van der Waals surface area contributed by atoms with Crippen molar-refractivity contribution in [2.45, 2.75) is 40.0 Å². The number of allylic oxidation sites excluding steroid dienone is 2. The Morgan fingerprint density at radius 3 is 2.39 bits per heavy atom. The third kappa shape index (κ3) is 1.98. The fraction of sp³-hybridized carbons (Fsp3) is 0.412. The van der Waals surface area contributed by atoms with Gasteiger partial charge in [0.25, 0.3) is 0 Å². The monoisotopic (exact) mass is 241 g/mol. The lowest BCUT2D eigenvalue weighted by molar-refractivity contribution is 0.658. The molecule has 96 valence electrons. The highest BCUT2D eigenvalue weighted by Gasteiger charge is 2.25. The average molecular weight is 241 g/mol. The van der Waals surface area contributed by atoms with E-state index in [9.17, 15) is 0 Å². The van der Waals surface area contributed by atoms with Crippen LogP contribution in [0.25, 0.3) is 10.9 Å². The van der Waals surface area contributed by atoms with Gasteiger partial charge in [0.1, 0.15) is 0 Å². The lowest BCUT2D eigenvalue weighted by atomic mass is 9.81.